The molecule has 0 spiro atoms. The highest BCUT2D eigenvalue weighted by Gasteiger charge is 2.23. The number of nitrogens with zero attached hydrogens (tertiary/aromatic N) is 3. The third kappa shape index (κ3) is 4.76. The number of thioether (sulfide) groups is 1. The summed E-state index contributed by atoms with van der Waals surface area (Å²) >= 11 is 3.04. The van der Waals surface area contributed by atoms with E-state index >= 15 is 0 Å². The highest BCUT2D eigenvalue weighted by atomic mass is 32.2. The number of amides is 1. The first kappa shape index (κ1) is 16.4. The first-order chi connectivity index (χ1) is 11.2. The predicted octanol–water partition coefficient (Wildman–Crippen LogP) is 0.866. The Morgan fingerprint density at radius 1 is 1.26 bits per heavy atom. The Balaban J connectivity index is 1.42. The van der Waals surface area contributed by atoms with Gasteiger partial charge in [-0.1, -0.05) is 53.4 Å². The second-order valence-corrected chi connectivity index (χ2v) is 8.07. The number of piperazine rings is 1. The summed E-state index contributed by atoms with van der Waals surface area (Å²) in [4.78, 5) is 15.8. The summed E-state index contributed by atoms with van der Waals surface area (Å²) in [5, 5.41) is 8.97. The largest absolute Gasteiger partial charge is 0.331 e. The number of aromatic nitrogens is 2. The number of hydrogen-bond acceptors (Lipinski definition) is 5. The monoisotopic (exact) mass is 349 g/mol. The molecule has 5 nitrogen and oxygen atoms in total. The summed E-state index contributed by atoms with van der Waals surface area (Å²) in [6.45, 7) is 6.69. The Kier molecular flexibility index (Phi) is 5.64. The third-order valence-electron chi connectivity index (χ3n) is 3.95. The van der Waals surface area contributed by atoms with E-state index in [-0.39, 0.29) is 5.91 Å². The maximum atomic E-state index is 12.3. The molecular weight excluding hydrogens is 328 g/mol. The zero-order valence-corrected chi connectivity index (χ0v) is 14.8. The molecule has 1 aromatic carbocycles. The van der Waals surface area contributed by atoms with Crippen LogP contribution in [0.25, 0.3) is 0 Å². The summed E-state index contributed by atoms with van der Waals surface area (Å²) in [5.41, 5.74) is 1.37. The molecule has 1 aliphatic heterocycles. The van der Waals surface area contributed by atoms with Gasteiger partial charge in [0.05, 0.1) is 31.9 Å². The fraction of sp³-hybridized carbons (Fsp3) is 0.438. The van der Waals surface area contributed by atoms with Crippen LogP contribution < -0.4 is 4.90 Å². The van der Waals surface area contributed by atoms with Gasteiger partial charge in [0, 0.05) is 5.56 Å². The normalized spacial score (nSPS) is 15.8. The van der Waals surface area contributed by atoms with Crippen LogP contribution in [0.4, 0.5) is 0 Å². The van der Waals surface area contributed by atoms with E-state index in [4.69, 9.17) is 0 Å². The standard InChI is InChI=1S/C16H20N4OS2/c1-13-17-18-16(23-13)22-12-15(21)20-9-7-19(8-10-20)11-14-5-3-2-4-6-14/h2-6H,7-12H2,1H3/p+1. The molecule has 1 fully saturated rings. The molecule has 23 heavy (non-hydrogen) atoms. The summed E-state index contributed by atoms with van der Waals surface area (Å²) < 4.78 is 0.879. The molecule has 1 amide bonds. The topological polar surface area (TPSA) is 50.5 Å². The van der Waals surface area contributed by atoms with E-state index < -0.39 is 0 Å². The van der Waals surface area contributed by atoms with E-state index in [0.29, 0.717) is 5.75 Å². The third-order valence-corrected chi connectivity index (χ3v) is 5.90. The predicted molar refractivity (Wildman–Crippen MR) is 92.8 cm³/mol. The lowest BCUT2D eigenvalue weighted by atomic mass is 10.2. The minimum atomic E-state index is 0.210. The van der Waals surface area contributed by atoms with Crippen molar-refractivity contribution in [3.05, 3.63) is 40.9 Å². The Labute approximate surface area is 144 Å². The summed E-state index contributed by atoms with van der Waals surface area (Å²) in [5.74, 6) is 0.671. The molecule has 3 rings (SSSR count). The number of quaternary nitrogens is 1. The van der Waals surface area contributed by atoms with Crippen LogP contribution in [0.3, 0.4) is 0 Å². The van der Waals surface area contributed by atoms with Gasteiger partial charge in [0.1, 0.15) is 11.6 Å². The van der Waals surface area contributed by atoms with E-state index in [2.05, 4.69) is 34.5 Å². The van der Waals surface area contributed by atoms with Crippen molar-refractivity contribution in [2.45, 2.75) is 17.8 Å². The molecule has 7 heteroatoms. The van der Waals surface area contributed by atoms with Crippen molar-refractivity contribution in [3.63, 3.8) is 0 Å². The van der Waals surface area contributed by atoms with Crippen LogP contribution in [0, 0.1) is 6.92 Å². The Morgan fingerprint density at radius 3 is 2.65 bits per heavy atom. The Bertz CT molecular complexity index is 639. The summed E-state index contributed by atoms with van der Waals surface area (Å²) in [7, 11) is 0. The maximum absolute atomic E-state index is 12.3. The molecule has 0 bridgehead atoms. The molecule has 0 radical (unpaired) electrons. The van der Waals surface area contributed by atoms with Gasteiger partial charge >= 0.3 is 0 Å². The van der Waals surface area contributed by atoms with Crippen molar-refractivity contribution >= 4 is 29.0 Å². The second-order valence-electron chi connectivity index (χ2n) is 5.67. The molecule has 0 aliphatic carbocycles. The van der Waals surface area contributed by atoms with Crippen molar-refractivity contribution in [1.82, 2.24) is 15.1 Å². The van der Waals surface area contributed by atoms with E-state index in [1.165, 1.54) is 17.3 Å². The minimum Gasteiger partial charge on any atom is -0.331 e. The molecule has 2 heterocycles. The van der Waals surface area contributed by atoms with Crippen LogP contribution in [0.15, 0.2) is 34.7 Å². The zero-order valence-electron chi connectivity index (χ0n) is 13.2. The lowest BCUT2D eigenvalue weighted by Gasteiger charge is -2.32. The molecule has 1 aliphatic rings. The van der Waals surface area contributed by atoms with E-state index in [1.807, 2.05) is 17.9 Å². The molecule has 2 aromatic rings. The number of carbonyl (C=O) groups excluding carboxylic acids is 1. The number of rotatable bonds is 5. The van der Waals surface area contributed by atoms with Gasteiger partial charge < -0.3 is 9.80 Å². The molecular formula is C16H21N4OS2+. The lowest BCUT2D eigenvalue weighted by molar-refractivity contribution is -0.917. The molecule has 122 valence electrons. The van der Waals surface area contributed by atoms with Crippen molar-refractivity contribution in [1.29, 1.82) is 0 Å². The molecule has 0 unspecified atom stereocenters. The van der Waals surface area contributed by atoms with Crippen molar-refractivity contribution in [3.8, 4) is 0 Å². The molecule has 0 saturated carbocycles. The number of aryl methyl sites for hydroxylation is 1. The average molecular weight is 350 g/mol. The van der Waals surface area contributed by atoms with E-state index in [9.17, 15) is 4.79 Å². The Hall–Kier alpha value is -1.44. The first-order valence-corrected chi connectivity index (χ1v) is 9.59. The van der Waals surface area contributed by atoms with Gasteiger partial charge in [-0.2, -0.15) is 0 Å². The highest BCUT2D eigenvalue weighted by molar-refractivity contribution is 8.01. The van der Waals surface area contributed by atoms with Gasteiger partial charge in [0.15, 0.2) is 4.34 Å². The van der Waals surface area contributed by atoms with Crippen LogP contribution in [-0.4, -0.2) is 52.9 Å². The van der Waals surface area contributed by atoms with Crippen molar-refractivity contribution in [2.24, 2.45) is 0 Å². The SMILES string of the molecule is Cc1nnc(SCC(=O)N2CC[NH+](Cc3ccccc3)CC2)s1. The number of benzene rings is 1. The lowest BCUT2D eigenvalue weighted by Crippen LogP contribution is -3.13. The number of carbonyl (C=O) groups is 1. The quantitative estimate of drug-likeness (QED) is 0.814. The van der Waals surface area contributed by atoms with E-state index in [0.717, 1.165) is 42.1 Å². The van der Waals surface area contributed by atoms with Gasteiger partial charge in [-0.3, -0.25) is 4.79 Å². The number of hydrogen-bond donors (Lipinski definition) is 1. The van der Waals surface area contributed by atoms with Crippen LogP contribution >= 0.6 is 23.1 Å². The smallest absolute Gasteiger partial charge is 0.233 e. The zero-order chi connectivity index (χ0) is 16.1. The van der Waals surface area contributed by atoms with Crippen LogP contribution in [0.5, 0.6) is 0 Å². The second kappa shape index (κ2) is 7.90. The van der Waals surface area contributed by atoms with Crippen molar-refractivity contribution in [2.75, 3.05) is 31.9 Å². The molecule has 0 atom stereocenters. The number of nitrogens with one attached hydrogen (secondary N) is 1. The summed E-state index contributed by atoms with van der Waals surface area (Å²) in [6, 6.07) is 10.6. The fourth-order valence-electron chi connectivity index (χ4n) is 2.69. The van der Waals surface area contributed by atoms with Gasteiger partial charge in [0.2, 0.25) is 5.91 Å². The van der Waals surface area contributed by atoms with Crippen molar-refractivity contribution < 1.29 is 9.69 Å². The molecule has 1 aromatic heterocycles. The van der Waals surface area contributed by atoms with E-state index in [1.54, 1.807) is 16.2 Å². The molecule has 1 N–H and O–H groups in total. The average Bonchev–Trinajstić information content (AvgIpc) is 3.00. The molecule has 1 saturated heterocycles. The highest BCUT2D eigenvalue weighted by Crippen LogP contribution is 2.21. The fourth-order valence-corrected chi connectivity index (χ4v) is 4.40. The van der Waals surface area contributed by atoms with Crippen LogP contribution in [0.2, 0.25) is 0 Å². The Morgan fingerprint density at radius 2 is 2.00 bits per heavy atom. The summed E-state index contributed by atoms with van der Waals surface area (Å²) in [6.07, 6.45) is 0. The maximum Gasteiger partial charge on any atom is 0.233 e. The van der Waals surface area contributed by atoms with Gasteiger partial charge in [-0.05, 0) is 6.92 Å². The first-order valence-electron chi connectivity index (χ1n) is 7.79. The van der Waals surface area contributed by atoms with Crippen LogP contribution in [-0.2, 0) is 11.3 Å². The minimum absolute atomic E-state index is 0.210. The van der Waals surface area contributed by atoms with Gasteiger partial charge in [-0.15, -0.1) is 10.2 Å². The van der Waals surface area contributed by atoms with Gasteiger partial charge in [0.25, 0.3) is 0 Å². The van der Waals surface area contributed by atoms with Crippen LogP contribution in [0.1, 0.15) is 10.6 Å². The van der Waals surface area contributed by atoms with Gasteiger partial charge in [-0.25, -0.2) is 0 Å².